The Labute approximate surface area is 406 Å². The fraction of sp³-hybridized carbons (Fsp3) is 0.781. The Kier molecular flexibility index (Phi) is 14.2. The zero-order valence-electron chi connectivity index (χ0n) is 44.3. The summed E-state index contributed by atoms with van der Waals surface area (Å²) in [4.78, 5) is 0. The highest BCUT2D eigenvalue weighted by Gasteiger charge is 2.61. The van der Waals surface area contributed by atoms with Crippen molar-refractivity contribution in [3.8, 4) is 11.5 Å². The Hall–Kier alpha value is -2.22. The number of rotatable bonds is 16. The molecule has 8 aliphatic rings. The molecule has 0 aliphatic heterocycles. The summed E-state index contributed by atoms with van der Waals surface area (Å²) < 4.78 is 14.1. The van der Waals surface area contributed by atoms with Crippen molar-refractivity contribution in [2.45, 2.75) is 223 Å². The van der Waals surface area contributed by atoms with Crippen LogP contribution < -0.4 is 9.47 Å². The van der Waals surface area contributed by atoms with Gasteiger partial charge >= 0.3 is 0 Å². The highest BCUT2D eigenvalue weighted by atomic mass is 16.5. The van der Waals surface area contributed by atoms with Gasteiger partial charge in [0, 0.05) is 24.0 Å². The lowest BCUT2D eigenvalue weighted by Crippen LogP contribution is -2.51. The van der Waals surface area contributed by atoms with Crippen LogP contribution in [0.15, 0.2) is 48.6 Å². The van der Waals surface area contributed by atoms with Gasteiger partial charge in [0.2, 0.25) is 0 Å². The molecule has 6 saturated carbocycles. The molecule has 0 radical (unpaired) electrons. The maximum Gasteiger partial charge on any atom is 0.127 e. The number of hydrogen-bond donors (Lipinski definition) is 0. The Morgan fingerprint density at radius 1 is 0.530 bits per heavy atom. The van der Waals surface area contributed by atoms with E-state index in [0.29, 0.717) is 21.7 Å². The van der Waals surface area contributed by atoms with E-state index in [2.05, 4.69) is 107 Å². The highest BCUT2D eigenvalue weighted by molar-refractivity contribution is 5.67. The topological polar surface area (TPSA) is 18.5 Å². The molecule has 0 saturated heterocycles. The van der Waals surface area contributed by atoms with Gasteiger partial charge in [-0.2, -0.15) is 0 Å². The molecule has 1 aromatic rings. The first kappa shape index (κ1) is 48.8. The molecule has 8 aliphatic carbocycles. The average molecular weight is 899 g/mol. The first-order valence-electron chi connectivity index (χ1n) is 28.7. The van der Waals surface area contributed by atoms with Crippen molar-refractivity contribution in [1.82, 2.24) is 0 Å². The molecular weight excluding hydrogens is 801 g/mol. The minimum absolute atomic E-state index is 0.199. The minimum atomic E-state index is 0.199. The smallest absolute Gasteiger partial charge is 0.127 e. The van der Waals surface area contributed by atoms with Crippen molar-refractivity contribution < 1.29 is 9.47 Å². The summed E-state index contributed by atoms with van der Waals surface area (Å²) in [6.07, 6.45) is 39.4. The molecule has 1 aromatic carbocycles. The number of hydrogen-bond acceptors (Lipinski definition) is 2. The van der Waals surface area contributed by atoms with Crippen molar-refractivity contribution in [3.05, 3.63) is 59.7 Å². The van der Waals surface area contributed by atoms with Gasteiger partial charge in [0.05, 0.1) is 0 Å². The molecule has 0 spiro atoms. The molecule has 366 valence electrons. The summed E-state index contributed by atoms with van der Waals surface area (Å²) in [6.45, 7) is 34.2. The van der Waals surface area contributed by atoms with Gasteiger partial charge < -0.3 is 9.47 Å². The highest BCUT2D eigenvalue weighted by Crippen LogP contribution is 2.69. The van der Waals surface area contributed by atoms with Crippen LogP contribution in [0.5, 0.6) is 11.5 Å². The van der Waals surface area contributed by atoms with Gasteiger partial charge in [-0.15, -0.1) is 0 Å². The van der Waals surface area contributed by atoms with Crippen LogP contribution in [-0.4, -0.2) is 12.2 Å². The lowest BCUT2D eigenvalue weighted by atomic mass is 9.47. The fourth-order valence-corrected chi connectivity index (χ4v) is 19.0. The van der Waals surface area contributed by atoms with E-state index in [1.165, 1.54) is 116 Å². The van der Waals surface area contributed by atoms with Gasteiger partial charge in [0.25, 0.3) is 0 Å². The van der Waals surface area contributed by atoms with Crippen molar-refractivity contribution in [3.63, 3.8) is 0 Å². The third kappa shape index (κ3) is 8.72. The number of allylic oxidation sites excluding steroid dienone is 2. The third-order valence-corrected chi connectivity index (χ3v) is 22.7. The van der Waals surface area contributed by atoms with Gasteiger partial charge in [-0.05, 0) is 195 Å². The molecule has 2 nitrogen and oxygen atoms in total. The zero-order valence-corrected chi connectivity index (χ0v) is 44.3. The van der Waals surface area contributed by atoms with Crippen molar-refractivity contribution in [2.75, 3.05) is 0 Å². The normalized spacial score (nSPS) is 41.3. The standard InChI is InChI=1S/C64H98O2/c1-13-45-37-60(66-50-30-34-62(10)48(40-50)22-24-52-56-28-26-54(44(8)20-16-18-42(5)6)64(56,12)36-32-58(52)62)46(14-2)38-59(45)65-49-29-33-61(9)47(39-49)21-23-51-55-27-25-53(43(7)19-15-17-41(3)4)63(55,11)35-31-57(51)61/h13-14,21-22,37-38,41-44,49-58H,1-2,15-20,23-36,39-40H2,3-12H3/t43-,44-,49+,50+,51+,52+,53-,54-,55+,56+,57+,58+,61+,62+,63-,64-/m1/s1. The molecular formula is C64H98O2. The van der Waals surface area contributed by atoms with Gasteiger partial charge in [0.15, 0.2) is 0 Å². The summed E-state index contributed by atoms with van der Waals surface area (Å²) in [7, 11) is 0. The molecule has 0 heterocycles. The van der Waals surface area contributed by atoms with Crippen LogP contribution in [0.3, 0.4) is 0 Å². The third-order valence-electron chi connectivity index (χ3n) is 22.7. The van der Waals surface area contributed by atoms with Crippen molar-refractivity contribution in [1.29, 1.82) is 0 Å². The monoisotopic (exact) mass is 899 g/mol. The maximum absolute atomic E-state index is 7.06. The first-order chi connectivity index (χ1) is 31.5. The summed E-state index contributed by atoms with van der Waals surface area (Å²) in [6, 6.07) is 4.44. The molecule has 0 N–H and O–H groups in total. The van der Waals surface area contributed by atoms with Gasteiger partial charge in [-0.1, -0.05) is 156 Å². The van der Waals surface area contributed by atoms with Crippen molar-refractivity contribution in [2.24, 2.45) is 92.7 Å². The summed E-state index contributed by atoms with van der Waals surface area (Å²) in [5.41, 5.74) is 7.24. The van der Waals surface area contributed by atoms with Gasteiger partial charge in [0.1, 0.15) is 23.7 Å². The number of fused-ring (bicyclic) bond motifs is 10. The summed E-state index contributed by atoms with van der Waals surface area (Å²) in [5.74, 6) is 12.3. The van der Waals surface area contributed by atoms with E-state index in [-0.39, 0.29) is 12.2 Å². The summed E-state index contributed by atoms with van der Waals surface area (Å²) in [5, 5.41) is 0. The SMILES string of the molecule is C=Cc1cc(O[C@H]2CC[C@@]3(C)C(=CC[C@H]4[C@@H]5CC[C@H]([C@H](C)CCCC(C)C)[C@@]5(C)CC[C@@H]43)C2)c(C=C)cc1O[C@H]1CC[C@@]2(C)C(=CC[C@H]3[C@@H]4CC[C@H]([C@H](C)CCCC(C)C)[C@@]4(C)CC[C@@H]32)C1. The fourth-order valence-electron chi connectivity index (χ4n) is 19.0. The van der Waals surface area contributed by atoms with Gasteiger partial charge in [-0.3, -0.25) is 0 Å². The largest absolute Gasteiger partial charge is 0.489 e. The van der Waals surface area contributed by atoms with E-state index >= 15 is 0 Å². The molecule has 0 bridgehead atoms. The Balaban J connectivity index is 0.828. The molecule has 2 heteroatoms. The maximum atomic E-state index is 7.06. The lowest BCUT2D eigenvalue weighted by Gasteiger charge is -2.58. The van der Waals surface area contributed by atoms with E-state index in [1.54, 1.807) is 11.1 Å². The molecule has 6 fully saturated rings. The van der Waals surface area contributed by atoms with E-state index in [0.717, 1.165) is 119 Å². The predicted molar refractivity (Wildman–Crippen MR) is 282 cm³/mol. The summed E-state index contributed by atoms with van der Waals surface area (Å²) >= 11 is 0. The van der Waals surface area contributed by atoms with Gasteiger partial charge in [-0.25, -0.2) is 0 Å². The molecule has 16 atom stereocenters. The van der Waals surface area contributed by atoms with E-state index in [9.17, 15) is 0 Å². The van der Waals surface area contributed by atoms with Crippen molar-refractivity contribution >= 4 is 12.2 Å². The van der Waals surface area contributed by atoms with Crippen LogP contribution in [0.4, 0.5) is 0 Å². The Bertz CT molecular complexity index is 1830. The molecule has 0 unspecified atom stereocenters. The first-order valence-corrected chi connectivity index (χ1v) is 28.7. The van der Waals surface area contributed by atoms with Crippen LogP contribution in [-0.2, 0) is 0 Å². The van der Waals surface area contributed by atoms with Crippen LogP contribution >= 0.6 is 0 Å². The van der Waals surface area contributed by atoms with E-state index in [1.807, 2.05) is 12.2 Å². The number of ether oxygens (including phenoxy) is 2. The Morgan fingerprint density at radius 2 is 0.939 bits per heavy atom. The van der Waals surface area contributed by atoms with Crippen LogP contribution in [0, 0.1) is 92.7 Å². The Morgan fingerprint density at radius 3 is 1.32 bits per heavy atom. The van der Waals surface area contributed by atoms with E-state index in [4.69, 9.17) is 9.47 Å². The second kappa shape index (κ2) is 19.2. The second-order valence-electron chi connectivity index (χ2n) is 26.9. The van der Waals surface area contributed by atoms with Crippen LogP contribution in [0.25, 0.3) is 12.2 Å². The zero-order chi connectivity index (χ0) is 46.8. The minimum Gasteiger partial charge on any atom is -0.489 e. The number of benzene rings is 1. The molecule has 0 aromatic heterocycles. The molecule has 9 rings (SSSR count). The van der Waals surface area contributed by atoms with Crippen LogP contribution in [0.2, 0.25) is 0 Å². The van der Waals surface area contributed by atoms with E-state index < -0.39 is 0 Å². The second-order valence-corrected chi connectivity index (χ2v) is 26.9. The molecule has 0 amide bonds. The van der Waals surface area contributed by atoms with Crippen LogP contribution in [0.1, 0.15) is 222 Å². The molecule has 66 heavy (non-hydrogen) atoms. The predicted octanol–water partition coefficient (Wildman–Crippen LogP) is 18.6. The quantitative estimate of drug-likeness (QED) is 0.154. The average Bonchev–Trinajstić information content (AvgIpc) is 3.83. The lowest BCUT2D eigenvalue weighted by molar-refractivity contribution is -0.0560.